The number of hydrogen-bond donors (Lipinski definition) is 0. The Morgan fingerprint density at radius 2 is 1.05 bits per heavy atom. The topological polar surface area (TPSA) is 13.1 Å². The molecule has 1 heteroatoms. The van der Waals surface area contributed by atoms with E-state index in [1.807, 2.05) is 18.2 Å². The van der Waals surface area contributed by atoms with E-state index in [1.54, 1.807) is 24.3 Å². The molecular weight excluding hydrogens is 448 g/mol. The van der Waals surface area contributed by atoms with Gasteiger partial charge in [0.25, 0.3) is 0 Å². The highest BCUT2D eigenvalue weighted by atomic mass is 16.3. The summed E-state index contributed by atoms with van der Waals surface area (Å²) >= 11 is 0. The Morgan fingerprint density at radius 3 is 1.81 bits per heavy atom. The van der Waals surface area contributed by atoms with Crippen molar-refractivity contribution in [3.8, 4) is 22.3 Å². The quantitative estimate of drug-likeness (QED) is 0.222. The first-order valence-electron chi connectivity index (χ1n) is 18.6. The summed E-state index contributed by atoms with van der Waals surface area (Å²) in [5, 5.41) is 0.250. The Balaban J connectivity index is 1.77. The largest absolute Gasteiger partial charge is 0.455 e. The highest BCUT2D eigenvalue weighted by Crippen LogP contribution is 2.47. The maximum absolute atomic E-state index is 9.26. The molecule has 0 amide bonds. The van der Waals surface area contributed by atoms with Crippen LogP contribution >= 0.6 is 0 Å². The van der Waals surface area contributed by atoms with Crippen LogP contribution < -0.4 is 0 Å². The molecule has 0 radical (unpaired) electrons. The number of para-hydroxylation sites is 2. The molecule has 0 aliphatic heterocycles. The molecule has 0 fully saturated rings. The third kappa shape index (κ3) is 2.92. The molecular formula is C36H22O. The van der Waals surface area contributed by atoms with Crippen molar-refractivity contribution in [2.75, 3.05) is 0 Å². The second-order valence-corrected chi connectivity index (χ2v) is 8.61. The van der Waals surface area contributed by atoms with Crippen molar-refractivity contribution >= 4 is 54.3 Å². The van der Waals surface area contributed by atoms with Gasteiger partial charge >= 0.3 is 0 Å². The van der Waals surface area contributed by atoms with Gasteiger partial charge in [0.05, 0.1) is 19.2 Å². The molecule has 8 rings (SSSR count). The molecule has 0 aliphatic carbocycles. The normalized spacial score (nSPS) is 17.1. The molecule has 8 aromatic rings. The number of hydrogen-bond acceptors (Lipinski definition) is 1. The summed E-state index contributed by atoms with van der Waals surface area (Å²) in [4.78, 5) is 0. The van der Waals surface area contributed by atoms with E-state index in [9.17, 15) is 5.48 Å². The van der Waals surface area contributed by atoms with Crippen molar-refractivity contribution < 1.29 is 23.6 Å². The van der Waals surface area contributed by atoms with Crippen LogP contribution in [0.2, 0.25) is 0 Å². The lowest BCUT2D eigenvalue weighted by Gasteiger charge is -2.18. The Bertz CT molecular complexity index is 2820. The van der Waals surface area contributed by atoms with E-state index < -0.39 is 84.6 Å². The highest BCUT2D eigenvalue weighted by molar-refractivity contribution is 6.25. The van der Waals surface area contributed by atoms with Gasteiger partial charge in [-0.2, -0.15) is 0 Å². The number of benzene rings is 7. The van der Waals surface area contributed by atoms with Crippen LogP contribution in [0.4, 0.5) is 0 Å². The molecule has 37 heavy (non-hydrogen) atoms. The summed E-state index contributed by atoms with van der Waals surface area (Å²) in [6, 6.07) is 5.21. The standard InChI is InChI=1S/C36H22O/c1-2-13-24-23(11-1)12-9-19-26(24)34-27-15-3-5-17-29(27)35(30-18-6-4-16-28(30)34)32-21-10-20-31-25-14-7-8-22-33(25)37-36(31)32/h1-22H/i1D,2D,3D,4D,5D,6D,9D,11D,12D,15D,16D,17D,18D,19D. The lowest BCUT2D eigenvalue weighted by molar-refractivity contribution is 0.670. The molecule has 1 nitrogen and oxygen atoms in total. The number of furan rings is 1. The van der Waals surface area contributed by atoms with Gasteiger partial charge in [0.15, 0.2) is 0 Å². The van der Waals surface area contributed by atoms with Crippen LogP contribution in [0.1, 0.15) is 19.2 Å². The molecule has 1 aromatic heterocycles. The van der Waals surface area contributed by atoms with Crippen molar-refractivity contribution in [2.45, 2.75) is 0 Å². The summed E-state index contributed by atoms with van der Waals surface area (Å²) in [6.45, 7) is 0. The van der Waals surface area contributed by atoms with Crippen LogP contribution in [0.15, 0.2) is 138 Å². The van der Waals surface area contributed by atoms with Crippen molar-refractivity contribution in [3.63, 3.8) is 0 Å². The van der Waals surface area contributed by atoms with E-state index >= 15 is 0 Å². The van der Waals surface area contributed by atoms with Crippen LogP contribution in [-0.4, -0.2) is 0 Å². The fourth-order valence-electron chi connectivity index (χ4n) is 5.15. The van der Waals surface area contributed by atoms with Crippen LogP contribution in [-0.2, 0) is 0 Å². The van der Waals surface area contributed by atoms with Gasteiger partial charge < -0.3 is 4.42 Å². The molecule has 0 aliphatic rings. The van der Waals surface area contributed by atoms with Gasteiger partial charge in [-0.1, -0.05) is 127 Å². The van der Waals surface area contributed by atoms with Crippen molar-refractivity contribution in [3.05, 3.63) is 133 Å². The first-order chi connectivity index (χ1) is 24.2. The van der Waals surface area contributed by atoms with E-state index in [2.05, 4.69) is 0 Å². The smallest absolute Gasteiger partial charge is 0.143 e. The minimum absolute atomic E-state index is 0.0299. The average Bonchev–Trinajstić information content (AvgIpc) is 3.51. The van der Waals surface area contributed by atoms with E-state index in [1.165, 1.54) is 0 Å². The first-order valence-corrected chi connectivity index (χ1v) is 11.6. The van der Waals surface area contributed by atoms with Crippen LogP contribution in [0.3, 0.4) is 0 Å². The molecule has 172 valence electrons. The molecule has 0 spiro atoms. The fraction of sp³-hybridized carbons (Fsp3) is 0. The minimum atomic E-state index is -0.678. The Hall–Kier alpha value is -4.88. The Morgan fingerprint density at radius 1 is 0.432 bits per heavy atom. The lowest BCUT2D eigenvalue weighted by Crippen LogP contribution is -1.91. The van der Waals surface area contributed by atoms with Crippen LogP contribution in [0.25, 0.3) is 76.5 Å². The van der Waals surface area contributed by atoms with Gasteiger partial charge in [0.1, 0.15) is 11.2 Å². The van der Waals surface area contributed by atoms with E-state index in [0.717, 1.165) is 11.5 Å². The number of rotatable bonds is 2. The van der Waals surface area contributed by atoms with Gasteiger partial charge in [0.2, 0.25) is 0 Å². The summed E-state index contributed by atoms with van der Waals surface area (Å²) in [7, 11) is 0. The Kier molecular flexibility index (Phi) is 2.33. The van der Waals surface area contributed by atoms with Crippen molar-refractivity contribution in [1.29, 1.82) is 0 Å². The van der Waals surface area contributed by atoms with Gasteiger partial charge in [0, 0.05) is 21.9 Å². The zero-order chi connectivity index (χ0) is 36.5. The highest BCUT2D eigenvalue weighted by Gasteiger charge is 2.20. The second kappa shape index (κ2) is 7.81. The van der Waals surface area contributed by atoms with Gasteiger partial charge in [-0.3, -0.25) is 0 Å². The third-order valence-corrected chi connectivity index (χ3v) is 6.69. The zero-order valence-electron chi connectivity index (χ0n) is 33.0. The average molecular weight is 485 g/mol. The summed E-state index contributed by atoms with van der Waals surface area (Å²) < 4.78 is 130. The zero-order valence-corrected chi connectivity index (χ0v) is 19.0. The van der Waals surface area contributed by atoms with Gasteiger partial charge in [-0.15, -0.1) is 0 Å². The Labute approximate surface area is 233 Å². The van der Waals surface area contributed by atoms with Gasteiger partial charge in [-0.25, -0.2) is 0 Å². The van der Waals surface area contributed by atoms with E-state index in [4.69, 9.17) is 18.1 Å². The predicted octanol–water partition coefficient (Wildman–Crippen LogP) is 10.4. The molecule has 0 atom stereocenters. The summed E-state index contributed by atoms with van der Waals surface area (Å²) in [6.07, 6.45) is 0. The molecule has 7 aromatic carbocycles. The summed E-state index contributed by atoms with van der Waals surface area (Å²) in [5.41, 5.74) is 0.602. The maximum atomic E-state index is 9.26. The van der Waals surface area contributed by atoms with Crippen molar-refractivity contribution in [2.24, 2.45) is 0 Å². The minimum Gasteiger partial charge on any atom is -0.455 e. The van der Waals surface area contributed by atoms with E-state index in [0.29, 0.717) is 16.6 Å². The predicted molar refractivity (Wildman–Crippen MR) is 157 cm³/mol. The van der Waals surface area contributed by atoms with Crippen LogP contribution in [0.5, 0.6) is 0 Å². The molecule has 0 saturated heterocycles. The van der Waals surface area contributed by atoms with Crippen molar-refractivity contribution in [1.82, 2.24) is 0 Å². The SMILES string of the molecule is [2H]c1cc2c(-c3c4c([2H])c([2H])c([2H])c([2H])c4c(-c4cccc5c4oc4ccccc45)c4c([2H])c([2H])c([2H])c([2H])c34)c([2H])c([2H])c([2H])c2c([2H])c1[2H]. The molecule has 0 N–H and O–H groups in total. The fourth-order valence-corrected chi connectivity index (χ4v) is 5.15. The second-order valence-electron chi connectivity index (χ2n) is 8.61. The monoisotopic (exact) mass is 484 g/mol. The van der Waals surface area contributed by atoms with Gasteiger partial charge in [-0.05, 0) is 49.5 Å². The third-order valence-electron chi connectivity index (χ3n) is 6.69. The molecule has 0 bridgehead atoms. The molecule has 1 heterocycles. The summed E-state index contributed by atoms with van der Waals surface area (Å²) in [5.74, 6) is 0. The molecule has 0 unspecified atom stereocenters. The number of fused-ring (bicyclic) bond motifs is 6. The maximum Gasteiger partial charge on any atom is 0.143 e. The molecule has 0 saturated carbocycles. The van der Waals surface area contributed by atoms with Crippen LogP contribution in [0, 0.1) is 0 Å². The van der Waals surface area contributed by atoms with E-state index in [-0.39, 0.29) is 54.6 Å². The lowest BCUT2D eigenvalue weighted by atomic mass is 9.84. The first kappa shape index (κ1) is 11.0.